The van der Waals surface area contributed by atoms with Gasteiger partial charge in [0.2, 0.25) is 0 Å². The average Bonchev–Trinajstić information content (AvgIpc) is 2.19. The molecule has 14 heavy (non-hydrogen) atoms. The Morgan fingerprint density at radius 1 is 1.57 bits per heavy atom. The van der Waals surface area contributed by atoms with Crippen molar-refractivity contribution in [3.8, 4) is 0 Å². The predicted molar refractivity (Wildman–Crippen MR) is 65.5 cm³/mol. The maximum absolute atomic E-state index is 13.4. The summed E-state index contributed by atoms with van der Waals surface area (Å²) >= 11 is 2.02. The Bertz CT molecular complexity index is 354. The molecular formula is C10H12FIN2. The molecule has 1 aromatic rings. The Labute approximate surface area is 96.6 Å². The average molecular weight is 306 g/mol. The van der Waals surface area contributed by atoms with Gasteiger partial charge in [0.1, 0.15) is 5.82 Å². The number of nitrogens with one attached hydrogen (secondary N) is 1. The molecule has 1 aliphatic rings. The van der Waals surface area contributed by atoms with Crippen molar-refractivity contribution < 1.29 is 4.39 Å². The van der Waals surface area contributed by atoms with Crippen molar-refractivity contribution in [2.24, 2.45) is 0 Å². The van der Waals surface area contributed by atoms with E-state index in [0.717, 1.165) is 31.0 Å². The summed E-state index contributed by atoms with van der Waals surface area (Å²) in [6.07, 6.45) is 0. The maximum atomic E-state index is 13.4. The van der Waals surface area contributed by atoms with Gasteiger partial charge in [-0.05, 0) is 35.6 Å². The number of nitrogens with zero attached hydrogens (tertiary/aromatic N) is 1. The molecule has 76 valence electrons. The third-order valence-corrected chi connectivity index (χ3v) is 3.28. The lowest BCUT2D eigenvalue weighted by Crippen LogP contribution is -2.33. The third-order valence-electron chi connectivity index (χ3n) is 2.46. The van der Waals surface area contributed by atoms with E-state index < -0.39 is 0 Å². The Balaban J connectivity index is 2.47. The Morgan fingerprint density at radius 2 is 2.36 bits per heavy atom. The Kier molecular flexibility index (Phi) is 2.80. The molecular weight excluding hydrogens is 294 g/mol. The largest absolute Gasteiger partial charge is 0.382 e. The highest BCUT2D eigenvalue weighted by Gasteiger charge is 2.16. The minimum atomic E-state index is -0.133. The van der Waals surface area contributed by atoms with Crippen LogP contribution in [-0.2, 0) is 0 Å². The van der Waals surface area contributed by atoms with Crippen LogP contribution < -0.4 is 10.2 Å². The lowest BCUT2D eigenvalue weighted by Gasteiger charge is -2.31. The van der Waals surface area contributed by atoms with E-state index in [1.165, 1.54) is 0 Å². The highest BCUT2D eigenvalue weighted by atomic mass is 127. The molecule has 1 aliphatic heterocycles. The first-order chi connectivity index (χ1) is 6.72. The lowest BCUT2D eigenvalue weighted by atomic mass is 10.2. The molecule has 0 saturated carbocycles. The van der Waals surface area contributed by atoms with Crippen LogP contribution in [0.5, 0.6) is 0 Å². The molecule has 0 saturated heterocycles. The zero-order valence-electron chi connectivity index (χ0n) is 7.98. The fourth-order valence-corrected chi connectivity index (χ4v) is 2.18. The van der Waals surface area contributed by atoms with E-state index in [0.29, 0.717) is 3.57 Å². The second kappa shape index (κ2) is 3.92. The maximum Gasteiger partial charge on any atom is 0.138 e. The Morgan fingerprint density at radius 3 is 3.07 bits per heavy atom. The number of rotatable bonds is 1. The molecule has 0 aromatic heterocycles. The number of fused-ring (bicyclic) bond motifs is 1. The summed E-state index contributed by atoms with van der Waals surface area (Å²) in [5, 5.41) is 3.28. The van der Waals surface area contributed by atoms with Crippen molar-refractivity contribution in [3.05, 3.63) is 21.5 Å². The summed E-state index contributed by atoms with van der Waals surface area (Å²) in [5.41, 5.74) is 2.03. The van der Waals surface area contributed by atoms with Gasteiger partial charge < -0.3 is 10.2 Å². The van der Waals surface area contributed by atoms with E-state index in [4.69, 9.17) is 0 Å². The first kappa shape index (κ1) is 10.0. The van der Waals surface area contributed by atoms with Gasteiger partial charge >= 0.3 is 0 Å². The summed E-state index contributed by atoms with van der Waals surface area (Å²) in [5.74, 6) is -0.133. The van der Waals surface area contributed by atoms with Crippen LogP contribution in [0, 0.1) is 9.39 Å². The summed E-state index contributed by atoms with van der Waals surface area (Å²) in [4.78, 5) is 2.19. The van der Waals surface area contributed by atoms with Crippen LogP contribution in [0.25, 0.3) is 0 Å². The predicted octanol–water partition coefficient (Wildman–Crippen LogP) is 2.68. The van der Waals surface area contributed by atoms with E-state index in [2.05, 4.69) is 17.1 Å². The molecule has 1 N–H and O–H groups in total. The molecule has 0 unspecified atom stereocenters. The first-order valence-corrected chi connectivity index (χ1v) is 5.78. The monoisotopic (exact) mass is 306 g/mol. The van der Waals surface area contributed by atoms with Gasteiger partial charge in [0.05, 0.1) is 14.9 Å². The number of benzene rings is 1. The van der Waals surface area contributed by atoms with Crippen LogP contribution in [0.2, 0.25) is 0 Å². The first-order valence-electron chi connectivity index (χ1n) is 4.70. The van der Waals surface area contributed by atoms with Crippen LogP contribution in [0.3, 0.4) is 0 Å². The molecule has 0 bridgehead atoms. The molecule has 2 nitrogen and oxygen atoms in total. The molecule has 4 heteroatoms. The smallest absolute Gasteiger partial charge is 0.138 e. The van der Waals surface area contributed by atoms with Crippen molar-refractivity contribution in [2.75, 3.05) is 29.9 Å². The minimum absolute atomic E-state index is 0.133. The SMILES string of the molecule is CCN1CCNc2cc(I)c(F)cc21. The summed E-state index contributed by atoms with van der Waals surface area (Å²) in [7, 11) is 0. The van der Waals surface area contributed by atoms with Gasteiger partial charge in [0.15, 0.2) is 0 Å². The number of anilines is 2. The van der Waals surface area contributed by atoms with Gasteiger partial charge in [-0.2, -0.15) is 0 Å². The molecule has 0 radical (unpaired) electrons. The minimum Gasteiger partial charge on any atom is -0.382 e. The van der Waals surface area contributed by atoms with Gasteiger partial charge in [-0.15, -0.1) is 0 Å². The van der Waals surface area contributed by atoms with Crippen LogP contribution >= 0.6 is 22.6 Å². The summed E-state index contributed by atoms with van der Waals surface area (Å²) < 4.78 is 14.0. The van der Waals surface area contributed by atoms with Gasteiger partial charge in [-0.25, -0.2) is 4.39 Å². The van der Waals surface area contributed by atoms with E-state index in [9.17, 15) is 4.39 Å². The highest BCUT2D eigenvalue weighted by molar-refractivity contribution is 14.1. The number of hydrogen-bond donors (Lipinski definition) is 1. The summed E-state index contributed by atoms with van der Waals surface area (Å²) in [6.45, 7) is 4.89. The van der Waals surface area contributed by atoms with E-state index in [1.54, 1.807) is 6.07 Å². The van der Waals surface area contributed by atoms with Crippen LogP contribution in [0.15, 0.2) is 12.1 Å². The highest BCUT2D eigenvalue weighted by Crippen LogP contribution is 2.31. The second-order valence-corrected chi connectivity index (χ2v) is 4.45. The number of likely N-dealkylation sites (N-methyl/N-ethyl adjacent to an activating group) is 1. The second-order valence-electron chi connectivity index (χ2n) is 3.29. The van der Waals surface area contributed by atoms with Gasteiger partial charge in [0, 0.05) is 25.7 Å². The van der Waals surface area contributed by atoms with Crippen LogP contribution in [0.1, 0.15) is 6.92 Å². The fraction of sp³-hybridized carbons (Fsp3) is 0.400. The molecule has 0 amide bonds. The van der Waals surface area contributed by atoms with Crippen LogP contribution in [-0.4, -0.2) is 19.6 Å². The van der Waals surface area contributed by atoms with Crippen molar-refractivity contribution in [3.63, 3.8) is 0 Å². The molecule has 0 spiro atoms. The zero-order chi connectivity index (χ0) is 10.1. The topological polar surface area (TPSA) is 15.3 Å². The lowest BCUT2D eigenvalue weighted by molar-refractivity contribution is 0.618. The fourth-order valence-electron chi connectivity index (χ4n) is 1.71. The zero-order valence-corrected chi connectivity index (χ0v) is 10.1. The van der Waals surface area contributed by atoms with Crippen molar-refractivity contribution in [1.82, 2.24) is 0 Å². The molecule has 0 aliphatic carbocycles. The van der Waals surface area contributed by atoms with Crippen molar-refractivity contribution >= 4 is 34.0 Å². The van der Waals surface area contributed by atoms with Gasteiger partial charge in [-0.1, -0.05) is 0 Å². The molecule has 1 aromatic carbocycles. The normalized spacial score (nSPS) is 14.9. The van der Waals surface area contributed by atoms with Crippen molar-refractivity contribution in [1.29, 1.82) is 0 Å². The molecule has 0 atom stereocenters. The molecule has 1 heterocycles. The van der Waals surface area contributed by atoms with E-state index >= 15 is 0 Å². The molecule has 2 rings (SSSR count). The standard InChI is InChI=1S/C10H12FIN2/c1-2-14-4-3-13-9-6-8(12)7(11)5-10(9)14/h5-6,13H,2-4H2,1H3. The quantitative estimate of drug-likeness (QED) is 0.803. The third kappa shape index (κ3) is 1.67. The molecule has 0 fully saturated rings. The van der Waals surface area contributed by atoms with Gasteiger partial charge in [0.25, 0.3) is 0 Å². The number of halogens is 2. The van der Waals surface area contributed by atoms with E-state index in [1.807, 2.05) is 28.7 Å². The number of hydrogen-bond acceptors (Lipinski definition) is 2. The van der Waals surface area contributed by atoms with Crippen LogP contribution in [0.4, 0.5) is 15.8 Å². The van der Waals surface area contributed by atoms with E-state index in [-0.39, 0.29) is 5.82 Å². The Hall–Kier alpha value is -0.520. The van der Waals surface area contributed by atoms with Gasteiger partial charge in [-0.3, -0.25) is 0 Å². The van der Waals surface area contributed by atoms with Crippen molar-refractivity contribution in [2.45, 2.75) is 6.92 Å². The summed E-state index contributed by atoms with van der Waals surface area (Å²) in [6, 6.07) is 3.49.